The molecule has 3 N–H and O–H groups in total. The van der Waals surface area contributed by atoms with Gasteiger partial charge in [0.2, 0.25) is 5.91 Å². The van der Waals surface area contributed by atoms with E-state index in [2.05, 4.69) is 5.32 Å². The molecule has 1 saturated heterocycles. The quantitative estimate of drug-likeness (QED) is 0.825. The summed E-state index contributed by atoms with van der Waals surface area (Å²) in [5, 5.41) is 4.90. The molecule has 0 aliphatic carbocycles. The predicted molar refractivity (Wildman–Crippen MR) is 102 cm³/mol. The van der Waals surface area contributed by atoms with Gasteiger partial charge in [0, 0.05) is 44.4 Å². The SMILES string of the molecule is CC(=O)N1CC(CN(C)C(=O)Nc2cc(-c3cccs3)ccc2N)C1. The lowest BCUT2D eigenvalue weighted by Gasteiger charge is -2.40. The minimum absolute atomic E-state index is 0.0847. The molecule has 3 amide bonds. The maximum Gasteiger partial charge on any atom is 0.321 e. The molecule has 0 bridgehead atoms. The number of benzene rings is 1. The number of carbonyl (C=O) groups is 2. The Labute approximate surface area is 151 Å². The zero-order valence-electron chi connectivity index (χ0n) is 14.4. The Morgan fingerprint density at radius 1 is 1.36 bits per heavy atom. The lowest BCUT2D eigenvalue weighted by molar-refractivity contribution is -0.135. The summed E-state index contributed by atoms with van der Waals surface area (Å²) in [5.41, 5.74) is 8.18. The number of nitrogens with two attached hydrogens (primary N) is 1. The Bertz CT molecular complexity index is 769. The Balaban J connectivity index is 1.61. The Hall–Kier alpha value is -2.54. The summed E-state index contributed by atoms with van der Waals surface area (Å²) >= 11 is 1.64. The van der Waals surface area contributed by atoms with Crippen molar-refractivity contribution in [3.8, 4) is 10.4 Å². The standard InChI is InChI=1S/C18H22N4O2S/c1-12(23)22-10-13(11-22)9-21(2)18(24)20-16-8-14(5-6-15(16)19)17-4-3-7-25-17/h3-8,13H,9-11,19H2,1-2H3,(H,20,24). The molecule has 0 saturated carbocycles. The number of nitrogens with one attached hydrogen (secondary N) is 1. The van der Waals surface area contributed by atoms with Crippen molar-refractivity contribution in [1.82, 2.24) is 9.80 Å². The minimum Gasteiger partial charge on any atom is -0.397 e. The van der Waals surface area contributed by atoms with Gasteiger partial charge in [-0.1, -0.05) is 12.1 Å². The first-order chi connectivity index (χ1) is 11.9. The summed E-state index contributed by atoms with van der Waals surface area (Å²) in [6.07, 6.45) is 0. The van der Waals surface area contributed by atoms with E-state index in [9.17, 15) is 9.59 Å². The highest BCUT2D eigenvalue weighted by Crippen LogP contribution is 2.30. The summed E-state index contributed by atoms with van der Waals surface area (Å²) in [6.45, 7) is 3.60. The zero-order valence-corrected chi connectivity index (χ0v) is 15.2. The van der Waals surface area contributed by atoms with Gasteiger partial charge in [0.25, 0.3) is 0 Å². The minimum atomic E-state index is -0.198. The van der Waals surface area contributed by atoms with Crippen molar-refractivity contribution in [3.63, 3.8) is 0 Å². The van der Waals surface area contributed by atoms with Gasteiger partial charge in [-0.05, 0) is 29.1 Å². The van der Waals surface area contributed by atoms with E-state index >= 15 is 0 Å². The van der Waals surface area contributed by atoms with Crippen molar-refractivity contribution in [2.75, 3.05) is 37.7 Å². The number of rotatable bonds is 4. The van der Waals surface area contributed by atoms with Crippen LogP contribution in [0.15, 0.2) is 35.7 Å². The highest BCUT2D eigenvalue weighted by Gasteiger charge is 2.30. The number of nitrogens with zero attached hydrogens (tertiary/aromatic N) is 2. The number of thiophene rings is 1. The van der Waals surface area contributed by atoms with Crippen LogP contribution in [0, 0.1) is 5.92 Å². The molecule has 7 heteroatoms. The van der Waals surface area contributed by atoms with Gasteiger partial charge in [-0.2, -0.15) is 0 Å². The fourth-order valence-corrected chi connectivity index (χ4v) is 3.61. The van der Waals surface area contributed by atoms with Crippen LogP contribution in [0.5, 0.6) is 0 Å². The molecule has 1 fully saturated rings. The number of amides is 3. The van der Waals surface area contributed by atoms with Crippen LogP contribution in [0.3, 0.4) is 0 Å². The fraction of sp³-hybridized carbons (Fsp3) is 0.333. The van der Waals surface area contributed by atoms with E-state index < -0.39 is 0 Å². The molecule has 6 nitrogen and oxygen atoms in total. The molecule has 0 spiro atoms. The number of urea groups is 1. The lowest BCUT2D eigenvalue weighted by atomic mass is 10.00. The molecular formula is C18H22N4O2S. The smallest absolute Gasteiger partial charge is 0.321 e. The molecule has 2 heterocycles. The molecule has 3 rings (SSSR count). The number of anilines is 2. The fourth-order valence-electron chi connectivity index (χ4n) is 2.88. The molecule has 132 valence electrons. The van der Waals surface area contributed by atoms with E-state index in [1.165, 1.54) is 0 Å². The highest BCUT2D eigenvalue weighted by molar-refractivity contribution is 7.13. The first kappa shape index (κ1) is 17.3. The number of likely N-dealkylation sites (tertiary alicyclic amines) is 1. The number of nitrogen functional groups attached to an aromatic ring is 1. The van der Waals surface area contributed by atoms with Gasteiger partial charge in [-0.15, -0.1) is 11.3 Å². The van der Waals surface area contributed by atoms with Crippen LogP contribution in [0.25, 0.3) is 10.4 Å². The van der Waals surface area contributed by atoms with E-state index in [-0.39, 0.29) is 11.9 Å². The third-order valence-electron chi connectivity index (χ3n) is 4.38. The second kappa shape index (κ2) is 7.14. The van der Waals surface area contributed by atoms with Crippen LogP contribution in [-0.2, 0) is 4.79 Å². The third-order valence-corrected chi connectivity index (χ3v) is 5.30. The van der Waals surface area contributed by atoms with E-state index in [1.807, 2.05) is 29.6 Å². The molecule has 1 aromatic carbocycles. The first-order valence-electron chi connectivity index (χ1n) is 8.15. The molecule has 1 aromatic heterocycles. The van der Waals surface area contributed by atoms with Crippen molar-refractivity contribution in [2.45, 2.75) is 6.92 Å². The van der Waals surface area contributed by atoms with Gasteiger partial charge >= 0.3 is 6.03 Å². The summed E-state index contributed by atoms with van der Waals surface area (Å²) in [7, 11) is 1.76. The molecular weight excluding hydrogens is 336 g/mol. The van der Waals surface area contributed by atoms with Gasteiger partial charge in [-0.3, -0.25) is 4.79 Å². The Kier molecular flexibility index (Phi) is 4.94. The topological polar surface area (TPSA) is 78.7 Å². The largest absolute Gasteiger partial charge is 0.397 e. The van der Waals surface area contributed by atoms with Crippen LogP contribution >= 0.6 is 11.3 Å². The van der Waals surface area contributed by atoms with Crippen molar-refractivity contribution in [3.05, 3.63) is 35.7 Å². The predicted octanol–water partition coefficient (Wildman–Crippen LogP) is 2.94. The second-order valence-electron chi connectivity index (χ2n) is 6.38. The van der Waals surface area contributed by atoms with Crippen molar-refractivity contribution in [2.24, 2.45) is 5.92 Å². The molecule has 2 aromatic rings. The molecule has 1 aliphatic heterocycles. The van der Waals surface area contributed by atoms with E-state index in [0.717, 1.165) is 10.4 Å². The molecule has 1 aliphatic rings. The number of carbonyl (C=O) groups excluding carboxylic acids is 2. The van der Waals surface area contributed by atoms with Crippen molar-refractivity contribution < 1.29 is 9.59 Å². The summed E-state index contributed by atoms with van der Waals surface area (Å²) in [5.74, 6) is 0.413. The van der Waals surface area contributed by atoms with Crippen LogP contribution in [0.1, 0.15) is 6.92 Å². The molecule has 0 radical (unpaired) electrons. The van der Waals surface area contributed by atoms with Crippen LogP contribution in [0.2, 0.25) is 0 Å². The highest BCUT2D eigenvalue weighted by atomic mass is 32.1. The van der Waals surface area contributed by atoms with Gasteiger partial charge < -0.3 is 20.9 Å². The van der Waals surface area contributed by atoms with Gasteiger partial charge in [0.05, 0.1) is 11.4 Å². The monoisotopic (exact) mass is 358 g/mol. The second-order valence-corrected chi connectivity index (χ2v) is 7.33. The van der Waals surface area contributed by atoms with Gasteiger partial charge in [-0.25, -0.2) is 4.79 Å². The number of hydrogen-bond donors (Lipinski definition) is 2. The Morgan fingerprint density at radius 2 is 2.12 bits per heavy atom. The van der Waals surface area contributed by atoms with Gasteiger partial charge in [0.15, 0.2) is 0 Å². The summed E-state index contributed by atoms with van der Waals surface area (Å²) < 4.78 is 0. The number of hydrogen-bond acceptors (Lipinski definition) is 4. The average molecular weight is 358 g/mol. The lowest BCUT2D eigenvalue weighted by Crippen LogP contribution is -2.53. The summed E-state index contributed by atoms with van der Waals surface area (Å²) in [4.78, 5) is 28.2. The van der Waals surface area contributed by atoms with Crippen LogP contribution in [-0.4, -0.2) is 48.4 Å². The summed E-state index contributed by atoms with van der Waals surface area (Å²) in [6, 6.07) is 9.48. The van der Waals surface area contributed by atoms with Gasteiger partial charge in [0.1, 0.15) is 0 Å². The molecule has 0 atom stereocenters. The normalized spacial score (nSPS) is 14.1. The molecule has 0 unspecified atom stereocenters. The van der Waals surface area contributed by atoms with E-state index in [0.29, 0.717) is 36.9 Å². The molecule has 25 heavy (non-hydrogen) atoms. The zero-order chi connectivity index (χ0) is 18.0. The Morgan fingerprint density at radius 3 is 2.76 bits per heavy atom. The van der Waals surface area contributed by atoms with E-state index in [1.54, 1.807) is 41.2 Å². The first-order valence-corrected chi connectivity index (χ1v) is 9.03. The van der Waals surface area contributed by atoms with Crippen molar-refractivity contribution >= 4 is 34.6 Å². The maximum absolute atomic E-state index is 12.4. The van der Waals surface area contributed by atoms with Crippen LogP contribution < -0.4 is 11.1 Å². The average Bonchev–Trinajstić information content (AvgIpc) is 3.06. The van der Waals surface area contributed by atoms with E-state index in [4.69, 9.17) is 5.73 Å². The maximum atomic E-state index is 12.4. The van der Waals surface area contributed by atoms with Crippen LogP contribution in [0.4, 0.5) is 16.2 Å². The van der Waals surface area contributed by atoms with Crippen molar-refractivity contribution in [1.29, 1.82) is 0 Å². The third kappa shape index (κ3) is 3.93.